The minimum atomic E-state index is -0.127. The van der Waals surface area contributed by atoms with Gasteiger partial charge in [0.05, 0.1) is 25.9 Å². The van der Waals surface area contributed by atoms with Crippen LogP contribution in [0.2, 0.25) is 0 Å². The van der Waals surface area contributed by atoms with Crippen LogP contribution in [0.3, 0.4) is 0 Å². The second-order valence-corrected chi connectivity index (χ2v) is 6.97. The summed E-state index contributed by atoms with van der Waals surface area (Å²) in [6.07, 6.45) is 0.789. The van der Waals surface area contributed by atoms with Crippen LogP contribution in [0, 0.1) is 0 Å². The molecule has 0 saturated carbocycles. The number of morpholine rings is 1. The molecule has 2 aliphatic rings. The fraction of sp³-hybridized carbons (Fsp3) is 0.611. The Balaban J connectivity index is 1.53. The third-order valence-corrected chi connectivity index (χ3v) is 4.81. The maximum absolute atomic E-state index is 12.3. The van der Waals surface area contributed by atoms with Crippen molar-refractivity contribution in [2.45, 2.75) is 31.8 Å². The summed E-state index contributed by atoms with van der Waals surface area (Å²) in [5, 5.41) is 6.10. The topological polar surface area (TPSA) is 62.8 Å². The SMILES string of the molecule is CC(C)(CNC(=O)NC1CCOc2ccccc21)N1CCOCC1. The van der Waals surface area contributed by atoms with Crippen LogP contribution < -0.4 is 15.4 Å². The summed E-state index contributed by atoms with van der Waals surface area (Å²) in [6, 6.07) is 7.76. The lowest BCUT2D eigenvalue weighted by molar-refractivity contribution is -0.00877. The summed E-state index contributed by atoms with van der Waals surface area (Å²) in [5.74, 6) is 0.864. The number of fused-ring (bicyclic) bond motifs is 1. The largest absolute Gasteiger partial charge is 0.493 e. The Labute approximate surface area is 143 Å². The number of nitrogens with zero attached hydrogens (tertiary/aromatic N) is 1. The van der Waals surface area contributed by atoms with E-state index in [-0.39, 0.29) is 17.6 Å². The van der Waals surface area contributed by atoms with E-state index < -0.39 is 0 Å². The first-order chi connectivity index (χ1) is 11.6. The second-order valence-electron chi connectivity index (χ2n) is 6.97. The fourth-order valence-electron chi connectivity index (χ4n) is 3.28. The lowest BCUT2D eigenvalue weighted by Gasteiger charge is -2.41. The monoisotopic (exact) mass is 333 g/mol. The highest BCUT2D eigenvalue weighted by atomic mass is 16.5. The average Bonchev–Trinajstić information content (AvgIpc) is 2.61. The predicted molar refractivity (Wildman–Crippen MR) is 92.3 cm³/mol. The van der Waals surface area contributed by atoms with E-state index in [1.807, 2.05) is 24.3 Å². The lowest BCUT2D eigenvalue weighted by atomic mass is 10.0. The molecule has 1 fully saturated rings. The summed E-state index contributed by atoms with van der Waals surface area (Å²) < 4.78 is 11.0. The van der Waals surface area contributed by atoms with Gasteiger partial charge in [-0.25, -0.2) is 4.79 Å². The zero-order valence-electron chi connectivity index (χ0n) is 14.5. The van der Waals surface area contributed by atoms with Crippen molar-refractivity contribution in [1.82, 2.24) is 15.5 Å². The quantitative estimate of drug-likeness (QED) is 0.884. The van der Waals surface area contributed by atoms with E-state index in [0.717, 1.165) is 44.0 Å². The van der Waals surface area contributed by atoms with Crippen LogP contribution in [0.25, 0.3) is 0 Å². The summed E-state index contributed by atoms with van der Waals surface area (Å²) in [4.78, 5) is 14.7. The summed E-state index contributed by atoms with van der Waals surface area (Å²) in [6.45, 7) is 8.87. The number of benzene rings is 1. The molecule has 0 spiro atoms. The highest BCUT2D eigenvalue weighted by molar-refractivity contribution is 5.74. The zero-order valence-corrected chi connectivity index (χ0v) is 14.5. The van der Waals surface area contributed by atoms with Gasteiger partial charge >= 0.3 is 6.03 Å². The molecule has 2 amide bonds. The van der Waals surface area contributed by atoms with E-state index in [4.69, 9.17) is 9.47 Å². The van der Waals surface area contributed by atoms with Crippen molar-refractivity contribution in [3.8, 4) is 5.75 Å². The van der Waals surface area contributed by atoms with Gasteiger partial charge in [-0.3, -0.25) is 4.90 Å². The molecular weight excluding hydrogens is 306 g/mol. The molecule has 0 radical (unpaired) electrons. The minimum Gasteiger partial charge on any atom is -0.493 e. The molecule has 1 aromatic carbocycles. The standard InChI is InChI=1S/C18H27N3O3/c1-18(2,21-8-11-23-12-9-21)13-19-17(22)20-15-7-10-24-16-6-4-3-5-14(15)16/h3-6,15H,7-13H2,1-2H3,(H2,19,20,22). The van der Waals surface area contributed by atoms with E-state index in [1.54, 1.807) is 0 Å². The number of hydrogen-bond acceptors (Lipinski definition) is 4. The molecule has 1 unspecified atom stereocenters. The number of carbonyl (C=O) groups excluding carboxylic acids is 1. The van der Waals surface area contributed by atoms with Crippen LogP contribution in [0.1, 0.15) is 31.9 Å². The summed E-state index contributed by atoms with van der Waals surface area (Å²) >= 11 is 0. The number of rotatable bonds is 4. The van der Waals surface area contributed by atoms with Gasteiger partial charge in [-0.1, -0.05) is 18.2 Å². The molecule has 2 heterocycles. The molecule has 0 aromatic heterocycles. The number of ether oxygens (including phenoxy) is 2. The van der Waals surface area contributed by atoms with Gasteiger partial charge in [-0.15, -0.1) is 0 Å². The van der Waals surface area contributed by atoms with Crippen molar-refractivity contribution in [2.75, 3.05) is 39.5 Å². The third kappa shape index (κ3) is 3.99. The van der Waals surface area contributed by atoms with Crippen LogP contribution in [0.5, 0.6) is 5.75 Å². The van der Waals surface area contributed by atoms with Gasteiger partial charge in [-0.05, 0) is 19.9 Å². The molecule has 0 bridgehead atoms. The number of hydrogen-bond donors (Lipinski definition) is 2. The van der Waals surface area contributed by atoms with Gasteiger partial charge in [0.1, 0.15) is 5.75 Å². The van der Waals surface area contributed by atoms with E-state index in [2.05, 4.69) is 29.4 Å². The molecule has 1 atom stereocenters. The maximum Gasteiger partial charge on any atom is 0.315 e. The zero-order chi connectivity index (χ0) is 17.0. The van der Waals surface area contributed by atoms with Crippen LogP contribution in [-0.4, -0.2) is 55.9 Å². The van der Waals surface area contributed by atoms with Crippen molar-refractivity contribution in [2.24, 2.45) is 0 Å². The van der Waals surface area contributed by atoms with Crippen LogP contribution in [-0.2, 0) is 4.74 Å². The number of amides is 2. The van der Waals surface area contributed by atoms with Crippen molar-refractivity contribution in [1.29, 1.82) is 0 Å². The van der Waals surface area contributed by atoms with E-state index in [0.29, 0.717) is 13.2 Å². The first-order valence-electron chi connectivity index (χ1n) is 8.65. The third-order valence-electron chi connectivity index (χ3n) is 4.81. The molecule has 1 saturated heterocycles. The van der Waals surface area contributed by atoms with Crippen molar-refractivity contribution in [3.63, 3.8) is 0 Å². The smallest absolute Gasteiger partial charge is 0.315 e. The van der Waals surface area contributed by atoms with Gasteiger partial charge in [-0.2, -0.15) is 0 Å². The Kier molecular flexibility index (Phi) is 5.26. The molecule has 3 rings (SSSR count). The summed E-state index contributed by atoms with van der Waals surface area (Å²) in [7, 11) is 0. The molecule has 0 aliphatic carbocycles. The highest BCUT2D eigenvalue weighted by Gasteiger charge is 2.29. The van der Waals surface area contributed by atoms with E-state index >= 15 is 0 Å². The maximum atomic E-state index is 12.3. The van der Waals surface area contributed by atoms with Gasteiger partial charge in [0, 0.05) is 37.2 Å². The fourth-order valence-corrected chi connectivity index (χ4v) is 3.28. The highest BCUT2D eigenvalue weighted by Crippen LogP contribution is 2.31. The van der Waals surface area contributed by atoms with Gasteiger partial charge in [0.25, 0.3) is 0 Å². The average molecular weight is 333 g/mol. The van der Waals surface area contributed by atoms with E-state index in [1.165, 1.54) is 0 Å². The summed E-state index contributed by atoms with van der Waals surface area (Å²) in [5.41, 5.74) is 0.959. The lowest BCUT2D eigenvalue weighted by Crippen LogP contribution is -2.56. The first-order valence-corrected chi connectivity index (χ1v) is 8.65. The van der Waals surface area contributed by atoms with Crippen molar-refractivity contribution in [3.05, 3.63) is 29.8 Å². The number of carbonyl (C=O) groups is 1. The van der Waals surface area contributed by atoms with Crippen molar-refractivity contribution >= 4 is 6.03 Å². The molecule has 1 aromatic rings. The Morgan fingerprint density at radius 2 is 2.00 bits per heavy atom. The number of urea groups is 1. The molecule has 132 valence electrons. The minimum absolute atomic E-state index is 0.00134. The van der Waals surface area contributed by atoms with Gasteiger partial charge in [0.2, 0.25) is 0 Å². The molecule has 2 aliphatic heterocycles. The normalized spacial score (nSPS) is 21.5. The first kappa shape index (κ1) is 17.0. The second kappa shape index (κ2) is 7.40. The van der Waals surface area contributed by atoms with Crippen LogP contribution >= 0.6 is 0 Å². The Morgan fingerprint density at radius 3 is 2.79 bits per heavy atom. The van der Waals surface area contributed by atoms with Crippen molar-refractivity contribution < 1.29 is 14.3 Å². The Morgan fingerprint density at radius 1 is 1.25 bits per heavy atom. The molecular formula is C18H27N3O3. The molecule has 24 heavy (non-hydrogen) atoms. The van der Waals surface area contributed by atoms with Crippen LogP contribution in [0.15, 0.2) is 24.3 Å². The van der Waals surface area contributed by atoms with E-state index in [9.17, 15) is 4.79 Å². The van der Waals surface area contributed by atoms with Gasteiger partial charge in [0.15, 0.2) is 0 Å². The number of para-hydroxylation sites is 1. The number of nitrogens with one attached hydrogen (secondary N) is 2. The molecule has 2 N–H and O–H groups in total. The molecule has 6 heteroatoms. The predicted octanol–water partition coefficient (Wildman–Crippen LogP) is 1.92. The van der Waals surface area contributed by atoms with Gasteiger partial charge < -0.3 is 20.1 Å². The Hall–Kier alpha value is -1.79. The molecule has 6 nitrogen and oxygen atoms in total. The Bertz CT molecular complexity index is 570. The van der Waals surface area contributed by atoms with Crippen LogP contribution in [0.4, 0.5) is 4.79 Å².